The van der Waals surface area contributed by atoms with Crippen LogP contribution in [-0.2, 0) is 4.79 Å². The molecule has 0 radical (unpaired) electrons. The third kappa shape index (κ3) is 1.60. The standard InChI is InChI=1S/C11H7NO3/c13-5-1-2-7-3-4-8-9(6-7)12-11(15)10(8)14/h3-4,6,13H,5H2,(H,12,14,15). The molecule has 1 aliphatic heterocycles. The monoisotopic (exact) mass is 201 g/mol. The van der Waals surface area contributed by atoms with Crippen LogP contribution in [0, 0.1) is 11.8 Å². The van der Waals surface area contributed by atoms with Crippen molar-refractivity contribution in [2.75, 3.05) is 11.9 Å². The fourth-order valence-electron chi connectivity index (χ4n) is 1.37. The van der Waals surface area contributed by atoms with Crippen LogP contribution in [0.3, 0.4) is 0 Å². The van der Waals surface area contributed by atoms with E-state index < -0.39 is 11.7 Å². The first-order chi connectivity index (χ1) is 7.22. The normalized spacial score (nSPS) is 12.9. The predicted octanol–water partition coefficient (Wildman–Crippen LogP) is 0.165. The van der Waals surface area contributed by atoms with Crippen LogP contribution in [0.4, 0.5) is 5.69 Å². The lowest BCUT2D eigenvalue weighted by molar-refractivity contribution is -0.112. The fourth-order valence-corrected chi connectivity index (χ4v) is 1.37. The van der Waals surface area contributed by atoms with Crippen LogP contribution < -0.4 is 5.32 Å². The molecule has 74 valence electrons. The van der Waals surface area contributed by atoms with Crippen molar-refractivity contribution in [2.45, 2.75) is 0 Å². The van der Waals surface area contributed by atoms with Crippen molar-refractivity contribution in [1.82, 2.24) is 0 Å². The molecule has 0 bridgehead atoms. The number of aliphatic hydroxyl groups excluding tert-OH is 1. The number of carbonyl (C=O) groups excluding carboxylic acids is 2. The minimum atomic E-state index is -0.614. The van der Waals surface area contributed by atoms with Gasteiger partial charge in [0.15, 0.2) is 0 Å². The van der Waals surface area contributed by atoms with Gasteiger partial charge >= 0.3 is 0 Å². The number of carbonyl (C=O) groups is 2. The third-order valence-corrected chi connectivity index (χ3v) is 2.03. The summed E-state index contributed by atoms with van der Waals surface area (Å²) in [5.74, 6) is 4.04. The van der Waals surface area contributed by atoms with Gasteiger partial charge in [0.1, 0.15) is 6.61 Å². The first-order valence-corrected chi connectivity index (χ1v) is 4.32. The summed E-state index contributed by atoms with van der Waals surface area (Å²) in [5, 5.41) is 11.0. The molecular formula is C11H7NO3. The molecule has 0 saturated heterocycles. The number of hydrogen-bond donors (Lipinski definition) is 2. The molecule has 0 spiro atoms. The summed E-state index contributed by atoms with van der Waals surface area (Å²) in [6.45, 7) is -0.220. The molecule has 0 aliphatic carbocycles. The molecule has 4 nitrogen and oxygen atoms in total. The van der Waals surface area contributed by atoms with Crippen LogP contribution >= 0.6 is 0 Å². The second kappa shape index (κ2) is 3.56. The van der Waals surface area contributed by atoms with Crippen molar-refractivity contribution in [3.05, 3.63) is 29.3 Å². The largest absolute Gasteiger partial charge is 0.384 e. The Kier molecular flexibility index (Phi) is 2.24. The highest BCUT2D eigenvalue weighted by Crippen LogP contribution is 2.23. The van der Waals surface area contributed by atoms with Gasteiger partial charge in [0, 0.05) is 5.56 Å². The molecule has 0 aromatic heterocycles. The van der Waals surface area contributed by atoms with Crippen molar-refractivity contribution in [2.24, 2.45) is 0 Å². The highest BCUT2D eigenvalue weighted by Gasteiger charge is 2.27. The minimum absolute atomic E-state index is 0.220. The van der Waals surface area contributed by atoms with E-state index in [0.717, 1.165) is 0 Å². The second-order valence-electron chi connectivity index (χ2n) is 3.00. The molecule has 2 rings (SSSR count). The second-order valence-corrected chi connectivity index (χ2v) is 3.00. The third-order valence-electron chi connectivity index (χ3n) is 2.03. The van der Waals surface area contributed by atoms with Crippen LogP contribution in [0.25, 0.3) is 0 Å². The number of benzene rings is 1. The Labute approximate surface area is 85.9 Å². The van der Waals surface area contributed by atoms with Gasteiger partial charge in [-0.3, -0.25) is 9.59 Å². The molecule has 1 aromatic carbocycles. The maximum Gasteiger partial charge on any atom is 0.296 e. The van der Waals surface area contributed by atoms with E-state index in [1.807, 2.05) is 0 Å². The molecule has 0 atom stereocenters. The fraction of sp³-hybridized carbons (Fsp3) is 0.0909. The summed E-state index contributed by atoms with van der Waals surface area (Å²) < 4.78 is 0. The lowest BCUT2D eigenvalue weighted by Gasteiger charge is -1.96. The zero-order valence-electron chi connectivity index (χ0n) is 7.70. The zero-order chi connectivity index (χ0) is 10.8. The van der Waals surface area contributed by atoms with Gasteiger partial charge in [0.2, 0.25) is 0 Å². The SMILES string of the molecule is O=C1Nc2cc(C#CCO)ccc2C1=O. The summed E-state index contributed by atoms with van der Waals surface area (Å²) in [6.07, 6.45) is 0. The van der Waals surface area contributed by atoms with Gasteiger partial charge in [-0.15, -0.1) is 0 Å². The highest BCUT2D eigenvalue weighted by molar-refractivity contribution is 6.51. The smallest absolute Gasteiger partial charge is 0.296 e. The Morgan fingerprint density at radius 2 is 2.13 bits per heavy atom. The Morgan fingerprint density at radius 3 is 2.87 bits per heavy atom. The van der Waals surface area contributed by atoms with Gasteiger partial charge in [-0.25, -0.2) is 0 Å². The first-order valence-electron chi connectivity index (χ1n) is 4.32. The maximum absolute atomic E-state index is 11.2. The van der Waals surface area contributed by atoms with E-state index in [1.54, 1.807) is 18.2 Å². The van der Waals surface area contributed by atoms with E-state index in [-0.39, 0.29) is 6.61 Å². The van der Waals surface area contributed by atoms with Gasteiger partial charge in [-0.05, 0) is 18.2 Å². The number of ketones is 1. The van der Waals surface area contributed by atoms with Gasteiger partial charge in [0.25, 0.3) is 11.7 Å². The molecule has 4 heteroatoms. The Balaban J connectivity index is 2.42. The van der Waals surface area contributed by atoms with Crippen molar-refractivity contribution >= 4 is 17.4 Å². The number of fused-ring (bicyclic) bond motifs is 1. The number of amides is 1. The van der Waals surface area contributed by atoms with Crippen molar-refractivity contribution in [3.63, 3.8) is 0 Å². The summed E-state index contributed by atoms with van der Waals surface area (Å²) in [6, 6.07) is 4.80. The zero-order valence-corrected chi connectivity index (χ0v) is 7.70. The lowest BCUT2D eigenvalue weighted by atomic mass is 10.1. The molecule has 1 heterocycles. The molecule has 0 fully saturated rings. The Bertz CT molecular complexity index is 508. The lowest BCUT2D eigenvalue weighted by Crippen LogP contribution is -2.12. The average molecular weight is 201 g/mol. The van der Waals surface area contributed by atoms with E-state index in [4.69, 9.17) is 5.11 Å². The van der Waals surface area contributed by atoms with E-state index in [1.165, 1.54) is 0 Å². The van der Waals surface area contributed by atoms with Gasteiger partial charge in [-0.2, -0.15) is 0 Å². The number of hydrogen-bond acceptors (Lipinski definition) is 3. The Morgan fingerprint density at radius 1 is 1.33 bits per heavy atom. The van der Waals surface area contributed by atoms with Crippen LogP contribution in [-0.4, -0.2) is 23.4 Å². The first kappa shape index (κ1) is 9.44. The van der Waals surface area contributed by atoms with Gasteiger partial charge in [0.05, 0.1) is 11.3 Å². The summed E-state index contributed by atoms with van der Waals surface area (Å²) in [5.41, 5.74) is 1.50. The summed E-state index contributed by atoms with van der Waals surface area (Å²) in [4.78, 5) is 22.3. The van der Waals surface area contributed by atoms with E-state index in [2.05, 4.69) is 17.2 Å². The van der Waals surface area contributed by atoms with Crippen molar-refractivity contribution in [3.8, 4) is 11.8 Å². The maximum atomic E-state index is 11.2. The minimum Gasteiger partial charge on any atom is -0.384 e. The molecule has 0 unspecified atom stereocenters. The van der Waals surface area contributed by atoms with Crippen LogP contribution in [0.15, 0.2) is 18.2 Å². The topological polar surface area (TPSA) is 66.4 Å². The molecular weight excluding hydrogens is 194 g/mol. The summed E-state index contributed by atoms with van der Waals surface area (Å²) in [7, 11) is 0. The number of Topliss-reactive ketones (excluding diaryl/α,β-unsaturated/α-hetero) is 1. The molecule has 1 amide bonds. The van der Waals surface area contributed by atoms with E-state index >= 15 is 0 Å². The molecule has 0 saturated carbocycles. The number of rotatable bonds is 0. The van der Waals surface area contributed by atoms with E-state index in [9.17, 15) is 9.59 Å². The molecule has 1 aromatic rings. The quantitative estimate of drug-likeness (QED) is 0.464. The number of anilines is 1. The van der Waals surface area contributed by atoms with E-state index in [0.29, 0.717) is 16.8 Å². The molecule has 1 aliphatic rings. The highest BCUT2D eigenvalue weighted by atomic mass is 16.2. The Hall–Kier alpha value is -2.12. The number of aliphatic hydroxyl groups is 1. The summed E-state index contributed by atoms with van der Waals surface area (Å²) >= 11 is 0. The van der Waals surface area contributed by atoms with Crippen molar-refractivity contribution < 1.29 is 14.7 Å². The molecule has 2 N–H and O–H groups in total. The van der Waals surface area contributed by atoms with Gasteiger partial charge in [-0.1, -0.05) is 11.8 Å². The van der Waals surface area contributed by atoms with Crippen LogP contribution in [0.1, 0.15) is 15.9 Å². The predicted molar refractivity (Wildman–Crippen MR) is 53.4 cm³/mol. The average Bonchev–Trinajstić information content (AvgIpc) is 2.52. The van der Waals surface area contributed by atoms with Crippen LogP contribution in [0.5, 0.6) is 0 Å². The number of nitrogens with one attached hydrogen (secondary N) is 1. The van der Waals surface area contributed by atoms with Gasteiger partial charge < -0.3 is 10.4 Å². The van der Waals surface area contributed by atoms with Crippen molar-refractivity contribution in [1.29, 1.82) is 0 Å². The molecule has 15 heavy (non-hydrogen) atoms. The van der Waals surface area contributed by atoms with Crippen LogP contribution in [0.2, 0.25) is 0 Å².